The summed E-state index contributed by atoms with van der Waals surface area (Å²) in [7, 11) is 0. The van der Waals surface area contributed by atoms with Crippen LogP contribution in [0.5, 0.6) is 0 Å². The number of anilines is 2. The van der Waals surface area contributed by atoms with Crippen LogP contribution in [0, 0.1) is 6.92 Å². The molecule has 7 amide bonds. The van der Waals surface area contributed by atoms with Crippen molar-refractivity contribution in [2.24, 2.45) is 0 Å². The van der Waals surface area contributed by atoms with Gasteiger partial charge in [-0.1, -0.05) is 80.4 Å². The standard InChI is InChI=1S/C52H62N8O10/c1-3-4-17-43(49(67)68)58-50(69)52(31-37-15-6-7-16-38(37)32-52)60-48(66)42(20-11-21-46(63)64)57-47(65)41(19-9-10-29-54-44(61)27-24-36-14-12-28-53-33-36)56-45(62)30-35-22-25-39(26-23-35)55-51(70)59-40-18-8-5-13-34(40)2/h5-8,12-16,18,22-28,33,41-43H,3-4,9-11,17,19-21,29-32H2,1-2H3,(H,54,61)(H,56,62)(H,57,65)(H,58,69)(H,60,66)(H,63,64)(H,67,68)(H2,55,59,70)/b27-24+/t41-,42-,43-/m0/s1. The average Bonchev–Trinajstić information content (AvgIpc) is 3.72. The number of carbonyl (C=O) groups excluding carboxylic acids is 6. The Morgan fingerprint density at radius 1 is 0.714 bits per heavy atom. The molecule has 0 bridgehead atoms. The SMILES string of the molecule is CCCC[C@H](NC(=O)C1(NC(=O)[C@H](CCCC(=O)O)NC(=O)[C@H](CCCCNC(=O)/C=C/c2cccnc2)NC(=O)Cc2ccc(NC(=O)Nc3ccccc3C)cc2)Cc2ccccc2C1)C(=O)O. The predicted octanol–water partition coefficient (Wildman–Crippen LogP) is 5.21. The number of unbranched alkanes of at least 4 members (excludes halogenated alkanes) is 2. The van der Waals surface area contributed by atoms with Gasteiger partial charge in [-0.05, 0) is 104 Å². The van der Waals surface area contributed by atoms with Crippen LogP contribution in [0.1, 0.15) is 92.5 Å². The highest BCUT2D eigenvalue weighted by Gasteiger charge is 2.47. The van der Waals surface area contributed by atoms with E-state index < -0.39 is 65.3 Å². The molecule has 18 heteroatoms. The van der Waals surface area contributed by atoms with E-state index in [1.807, 2.05) is 44.2 Å². The molecule has 3 atom stereocenters. The van der Waals surface area contributed by atoms with E-state index in [1.165, 1.54) is 6.08 Å². The van der Waals surface area contributed by atoms with E-state index in [4.69, 9.17) is 0 Å². The third kappa shape index (κ3) is 16.7. The van der Waals surface area contributed by atoms with E-state index in [2.05, 4.69) is 42.2 Å². The molecule has 0 saturated heterocycles. The first-order chi connectivity index (χ1) is 33.6. The number of rotatable bonds is 26. The minimum atomic E-state index is -1.64. The maximum absolute atomic E-state index is 14.4. The Morgan fingerprint density at radius 3 is 2.04 bits per heavy atom. The van der Waals surface area contributed by atoms with Crippen LogP contribution in [0.2, 0.25) is 0 Å². The number of nitrogens with one attached hydrogen (secondary N) is 7. The summed E-state index contributed by atoms with van der Waals surface area (Å²) in [6, 6.07) is 20.4. The van der Waals surface area contributed by atoms with Gasteiger partial charge in [0.2, 0.25) is 29.5 Å². The Hall–Kier alpha value is -7.89. The van der Waals surface area contributed by atoms with Gasteiger partial charge >= 0.3 is 18.0 Å². The molecular formula is C52H62N8O10. The van der Waals surface area contributed by atoms with E-state index in [1.54, 1.807) is 73.1 Å². The number of fused-ring (bicyclic) bond motifs is 1. The molecular weight excluding hydrogens is 897 g/mol. The van der Waals surface area contributed by atoms with Crippen molar-refractivity contribution in [3.63, 3.8) is 0 Å². The normalized spacial score (nSPS) is 13.7. The zero-order chi connectivity index (χ0) is 50.5. The lowest BCUT2D eigenvalue weighted by atomic mass is 9.92. The number of nitrogens with zero attached hydrogens (tertiary/aromatic N) is 1. The van der Waals surface area contributed by atoms with Crippen LogP contribution in [-0.4, -0.2) is 92.9 Å². The van der Waals surface area contributed by atoms with Gasteiger partial charge in [-0.15, -0.1) is 0 Å². The summed E-state index contributed by atoms with van der Waals surface area (Å²) >= 11 is 0. The number of carboxylic acid groups (broad SMARTS) is 2. The summed E-state index contributed by atoms with van der Waals surface area (Å²) < 4.78 is 0. The van der Waals surface area contributed by atoms with Gasteiger partial charge < -0.3 is 47.4 Å². The van der Waals surface area contributed by atoms with Crippen LogP contribution < -0.4 is 37.2 Å². The number of aliphatic carboxylic acids is 2. The molecule has 4 aromatic rings. The van der Waals surface area contributed by atoms with Gasteiger partial charge in [0, 0.05) is 55.7 Å². The van der Waals surface area contributed by atoms with Gasteiger partial charge in [-0.3, -0.25) is 33.8 Å². The van der Waals surface area contributed by atoms with Crippen molar-refractivity contribution in [1.29, 1.82) is 0 Å². The molecule has 0 saturated carbocycles. The van der Waals surface area contributed by atoms with Crippen LogP contribution in [0.3, 0.4) is 0 Å². The number of carboxylic acids is 2. The van der Waals surface area contributed by atoms with Crippen molar-refractivity contribution < 1.29 is 48.6 Å². The van der Waals surface area contributed by atoms with Crippen LogP contribution in [-0.2, 0) is 52.8 Å². The summed E-state index contributed by atoms with van der Waals surface area (Å²) in [6.07, 6.45) is 7.85. The first-order valence-electron chi connectivity index (χ1n) is 23.5. The molecule has 1 aliphatic carbocycles. The lowest BCUT2D eigenvalue weighted by molar-refractivity contribution is -0.144. The maximum atomic E-state index is 14.4. The lowest BCUT2D eigenvalue weighted by Crippen LogP contribution is -2.65. The first-order valence-corrected chi connectivity index (χ1v) is 23.5. The molecule has 5 rings (SSSR count). The Labute approximate surface area is 406 Å². The first kappa shape index (κ1) is 53.1. The number of aromatic nitrogens is 1. The van der Waals surface area contributed by atoms with Crippen molar-refractivity contribution in [1.82, 2.24) is 31.6 Å². The van der Waals surface area contributed by atoms with Crippen molar-refractivity contribution in [3.05, 3.63) is 131 Å². The highest BCUT2D eigenvalue weighted by atomic mass is 16.4. The Balaban J connectivity index is 1.30. The Bertz CT molecular complexity index is 2470. The van der Waals surface area contributed by atoms with E-state index in [9.17, 15) is 48.6 Å². The fourth-order valence-corrected chi connectivity index (χ4v) is 8.00. The van der Waals surface area contributed by atoms with Crippen LogP contribution in [0.15, 0.2) is 103 Å². The van der Waals surface area contributed by atoms with Gasteiger partial charge in [0.15, 0.2) is 0 Å². The van der Waals surface area contributed by atoms with Gasteiger partial charge in [0.25, 0.3) is 0 Å². The fraction of sp³-hybridized carbons (Fsp3) is 0.365. The van der Waals surface area contributed by atoms with E-state index in [0.717, 1.165) is 22.3 Å². The monoisotopic (exact) mass is 958 g/mol. The molecule has 70 heavy (non-hydrogen) atoms. The molecule has 3 aromatic carbocycles. The van der Waals surface area contributed by atoms with Crippen molar-refractivity contribution in [2.75, 3.05) is 17.2 Å². The minimum absolute atomic E-state index is 0.0305. The molecule has 0 unspecified atom stereocenters. The van der Waals surface area contributed by atoms with E-state index in [0.29, 0.717) is 42.6 Å². The van der Waals surface area contributed by atoms with Crippen molar-refractivity contribution >= 4 is 65.0 Å². The average molecular weight is 959 g/mol. The molecule has 0 aliphatic heterocycles. The third-order valence-electron chi connectivity index (χ3n) is 11.8. The summed E-state index contributed by atoms with van der Waals surface area (Å²) in [5, 5.41) is 38.7. The summed E-state index contributed by atoms with van der Waals surface area (Å²) in [4.78, 5) is 110. The summed E-state index contributed by atoms with van der Waals surface area (Å²) in [5.41, 5.74) is 3.21. The molecule has 0 fully saturated rings. The maximum Gasteiger partial charge on any atom is 0.326 e. The quantitative estimate of drug-likeness (QED) is 0.0291. The van der Waals surface area contributed by atoms with Crippen LogP contribution >= 0.6 is 0 Å². The minimum Gasteiger partial charge on any atom is -0.481 e. The highest BCUT2D eigenvalue weighted by molar-refractivity contribution is 6.00. The molecule has 0 radical (unpaired) electrons. The summed E-state index contributed by atoms with van der Waals surface area (Å²) in [6.45, 7) is 4.01. The fourth-order valence-electron chi connectivity index (χ4n) is 8.00. The molecule has 1 aliphatic rings. The van der Waals surface area contributed by atoms with Gasteiger partial charge in [-0.25, -0.2) is 9.59 Å². The zero-order valence-corrected chi connectivity index (χ0v) is 39.4. The lowest BCUT2D eigenvalue weighted by Gasteiger charge is -2.33. The molecule has 1 aromatic heterocycles. The number of benzene rings is 3. The van der Waals surface area contributed by atoms with Crippen molar-refractivity contribution in [3.8, 4) is 0 Å². The largest absolute Gasteiger partial charge is 0.481 e. The highest BCUT2D eigenvalue weighted by Crippen LogP contribution is 2.31. The molecule has 1 heterocycles. The number of amides is 7. The number of para-hydroxylation sites is 1. The molecule has 9 N–H and O–H groups in total. The van der Waals surface area contributed by atoms with Crippen LogP contribution in [0.25, 0.3) is 6.08 Å². The third-order valence-corrected chi connectivity index (χ3v) is 11.8. The number of carbonyl (C=O) groups is 8. The molecule has 0 spiro atoms. The topological polar surface area (TPSA) is 274 Å². The predicted molar refractivity (Wildman–Crippen MR) is 263 cm³/mol. The number of hydrogen-bond donors (Lipinski definition) is 9. The number of pyridine rings is 1. The Kier molecular flexibility index (Phi) is 20.2. The second-order valence-corrected chi connectivity index (χ2v) is 17.3. The van der Waals surface area contributed by atoms with Crippen molar-refractivity contribution in [2.45, 2.75) is 115 Å². The van der Waals surface area contributed by atoms with Gasteiger partial charge in [-0.2, -0.15) is 0 Å². The van der Waals surface area contributed by atoms with E-state index in [-0.39, 0.29) is 63.8 Å². The second-order valence-electron chi connectivity index (χ2n) is 17.3. The smallest absolute Gasteiger partial charge is 0.326 e. The number of hydrogen-bond acceptors (Lipinski definition) is 9. The van der Waals surface area contributed by atoms with Gasteiger partial charge in [0.05, 0.1) is 6.42 Å². The molecule has 18 nitrogen and oxygen atoms in total. The van der Waals surface area contributed by atoms with Gasteiger partial charge in [0.1, 0.15) is 23.7 Å². The molecule has 370 valence electrons. The zero-order valence-electron chi connectivity index (χ0n) is 39.4. The number of aryl methyl sites for hydroxylation is 1. The second kappa shape index (κ2) is 26.6. The van der Waals surface area contributed by atoms with Crippen LogP contribution in [0.4, 0.5) is 16.2 Å². The summed E-state index contributed by atoms with van der Waals surface area (Å²) in [5.74, 6) is -5.48. The number of urea groups is 1. The van der Waals surface area contributed by atoms with E-state index >= 15 is 0 Å². The Morgan fingerprint density at radius 2 is 1.39 bits per heavy atom.